The summed E-state index contributed by atoms with van der Waals surface area (Å²) >= 11 is 5.88. The van der Waals surface area contributed by atoms with Gasteiger partial charge in [0.15, 0.2) is 9.84 Å². The summed E-state index contributed by atoms with van der Waals surface area (Å²) in [5.74, 6) is -0.602. The predicted molar refractivity (Wildman–Crippen MR) is 95.2 cm³/mol. The number of carbonyl (C=O) groups excluding carboxylic acids is 1. The molecule has 25 heavy (non-hydrogen) atoms. The second-order valence-electron chi connectivity index (χ2n) is 5.11. The molecule has 0 unspecified atom stereocenters. The second kappa shape index (κ2) is 7.12. The van der Waals surface area contributed by atoms with Gasteiger partial charge >= 0.3 is 0 Å². The summed E-state index contributed by atoms with van der Waals surface area (Å²) in [4.78, 5) is 12.2. The molecule has 0 radical (unpaired) electrons. The van der Waals surface area contributed by atoms with Crippen LogP contribution in [-0.4, -0.2) is 36.0 Å². The number of amides is 1. The largest absolute Gasteiger partial charge is 0.322 e. The Labute approximate surface area is 151 Å². The van der Waals surface area contributed by atoms with Crippen molar-refractivity contribution >= 4 is 43.1 Å². The number of hydrogen-bond donors (Lipinski definition) is 2. The van der Waals surface area contributed by atoms with E-state index in [-0.39, 0.29) is 26.1 Å². The zero-order valence-corrected chi connectivity index (χ0v) is 15.7. The lowest BCUT2D eigenvalue weighted by Crippen LogP contribution is -2.20. The molecule has 7 nitrogen and oxygen atoms in total. The van der Waals surface area contributed by atoms with Crippen molar-refractivity contribution < 1.29 is 21.6 Å². The SMILES string of the molecule is CNS(=O)(=O)c1cc(C(=O)Nc2cccc(S(C)(=O)=O)c2)ccc1Cl. The van der Waals surface area contributed by atoms with Gasteiger partial charge in [-0.3, -0.25) is 4.79 Å². The first-order valence-electron chi connectivity index (χ1n) is 6.89. The Morgan fingerprint density at radius 2 is 1.72 bits per heavy atom. The van der Waals surface area contributed by atoms with Crippen LogP contribution in [0.4, 0.5) is 5.69 Å². The van der Waals surface area contributed by atoms with Crippen LogP contribution in [0.1, 0.15) is 10.4 Å². The van der Waals surface area contributed by atoms with Gasteiger partial charge in [0.25, 0.3) is 5.91 Å². The van der Waals surface area contributed by atoms with Crippen LogP contribution >= 0.6 is 11.6 Å². The molecule has 0 aliphatic heterocycles. The van der Waals surface area contributed by atoms with E-state index in [4.69, 9.17) is 11.6 Å². The number of halogens is 1. The fraction of sp³-hybridized carbons (Fsp3) is 0.133. The van der Waals surface area contributed by atoms with Crippen molar-refractivity contribution in [1.29, 1.82) is 0 Å². The molecule has 0 bridgehead atoms. The molecule has 2 aromatic carbocycles. The lowest BCUT2D eigenvalue weighted by atomic mass is 10.2. The molecule has 1 amide bonds. The van der Waals surface area contributed by atoms with Crippen molar-refractivity contribution in [1.82, 2.24) is 4.72 Å². The van der Waals surface area contributed by atoms with Crippen LogP contribution in [-0.2, 0) is 19.9 Å². The molecule has 0 heterocycles. The summed E-state index contributed by atoms with van der Waals surface area (Å²) in [6.07, 6.45) is 1.06. The molecule has 134 valence electrons. The molecule has 0 saturated carbocycles. The number of hydrogen-bond acceptors (Lipinski definition) is 5. The highest BCUT2D eigenvalue weighted by molar-refractivity contribution is 7.90. The molecule has 10 heteroatoms. The number of sulfonamides is 1. The van der Waals surface area contributed by atoms with Gasteiger partial charge < -0.3 is 5.32 Å². The molecule has 2 rings (SSSR count). The summed E-state index contributed by atoms with van der Waals surface area (Å²) < 4.78 is 49.1. The van der Waals surface area contributed by atoms with Gasteiger partial charge in [0.2, 0.25) is 10.0 Å². The highest BCUT2D eigenvalue weighted by Crippen LogP contribution is 2.23. The molecular weight excluding hydrogens is 388 g/mol. The third kappa shape index (κ3) is 4.57. The highest BCUT2D eigenvalue weighted by atomic mass is 35.5. The summed E-state index contributed by atoms with van der Waals surface area (Å²) in [5, 5.41) is 2.50. The summed E-state index contributed by atoms with van der Waals surface area (Å²) in [6.45, 7) is 0. The fourth-order valence-electron chi connectivity index (χ4n) is 1.97. The van der Waals surface area contributed by atoms with E-state index < -0.39 is 25.8 Å². The summed E-state index contributed by atoms with van der Waals surface area (Å²) in [6, 6.07) is 9.54. The molecule has 0 fully saturated rings. The van der Waals surface area contributed by atoms with E-state index in [9.17, 15) is 21.6 Å². The first-order valence-corrected chi connectivity index (χ1v) is 10.6. The third-order valence-electron chi connectivity index (χ3n) is 3.27. The topological polar surface area (TPSA) is 109 Å². The first kappa shape index (κ1) is 19.4. The van der Waals surface area contributed by atoms with Gasteiger partial charge in [0.1, 0.15) is 4.90 Å². The number of anilines is 1. The minimum Gasteiger partial charge on any atom is -0.322 e. The molecular formula is C15H15ClN2O5S2. The normalized spacial score (nSPS) is 12.0. The van der Waals surface area contributed by atoms with Crippen molar-refractivity contribution in [2.45, 2.75) is 9.79 Å². The Bertz CT molecular complexity index is 1030. The van der Waals surface area contributed by atoms with Gasteiger partial charge in [-0.05, 0) is 43.4 Å². The van der Waals surface area contributed by atoms with Gasteiger partial charge in [0.05, 0.1) is 9.92 Å². The smallest absolute Gasteiger partial charge is 0.255 e. The molecule has 0 aliphatic rings. The molecule has 0 aromatic heterocycles. The lowest BCUT2D eigenvalue weighted by Gasteiger charge is -2.09. The second-order valence-corrected chi connectivity index (χ2v) is 9.38. The standard InChI is InChI=1S/C15H15ClN2O5S2/c1-17-25(22,23)14-8-10(6-7-13(14)16)15(19)18-11-4-3-5-12(9-11)24(2,20)21/h3-9,17H,1-2H3,(H,18,19). The van der Waals surface area contributed by atoms with E-state index in [2.05, 4.69) is 10.0 Å². The number of rotatable bonds is 5. The van der Waals surface area contributed by atoms with Crippen LogP contribution in [0.2, 0.25) is 5.02 Å². The number of nitrogens with one attached hydrogen (secondary N) is 2. The lowest BCUT2D eigenvalue weighted by molar-refractivity contribution is 0.102. The molecule has 2 N–H and O–H groups in total. The average Bonchev–Trinajstić information content (AvgIpc) is 2.54. The zero-order chi connectivity index (χ0) is 18.8. The van der Waals surface area contributed by atoms with Crippen LogP contribution in [0.15, 0.2) is 52.3 Å². The van der Waals surface area contributed by atoms with Crippen molar-refractivity contribution in [3.8, 4) is 0 Å². The number of carbonyl (C=O) groups is 1. The Morgan fingerprint density at radius 1 is 1.04 bits per heavy atom. The van der Waals surface area contributed by atoms with Crippen LogP contribution in [0.25, 0.3) is 0 Å². The van der Waals surface area contributed by atoms with Gasteiger partial charge in [-0.1, -0.05) is 17.7 Å². The first-order chi connectivity index (χ1) is 11.5. The Hall–Kier alpha value is -1.94. The Balaban J connectivity index is 2.35. The van der Waals surface area contributed by atoms with Gasteiger partial charge in [0, 0.05) is 17.5 Å². The molecule has 2 aromatic rings. The Morgan fingerprint density at radius 3 is 2.32 bits per heavy atom. The van der Waals surface area contributed by atoms with Crippen LogP contribution < -0.4 is 10.0 Å². The molecule has 0 spiro atoms. The van der Waals surface area contributed by atoms with Crippen molar-refractivity contribution in [2.24, 2.45) is 0 Å². The van der Waals surface area contributed by atoms with E-state index in [0.29, 0.717) is 0 Å². The van der Waals surface area contributed by atoms with Gasteiger partial charge in [-0.15, -0.1) is 0 Å². The van der Waals surface area contributed by atoms with Crippen LogP contribution in [0.3, 0.4) is 0 Å². The predicted octanol–water partition coefficient (Wildman–Crippen LogP) is 1.90. The summed E-state index contributed by atoms with van der Waals surface area (Å²) in [7, 11) is -6.01. The van der Waals surface area contributed by atoms with Crippen molar-refractivity contribution in [3.05, 3.63) is 53.1 Å². The van der Waals surface area contributed by atoms with Crippen molar-refractivity contribution in [3.63, 3.8) is 0 Å². The van der Waals surface area contributed by atoms with E-state index >= 15 is 0 Å². The molecule has 0 atom stereocenters. The maximum Gasteiger partial charge on any atom is 0.255 e. The summed E-state index contributed by atoms with van der Waals surface area (Å²) in [5.41, 5.74) is 0.323. The zero-order valence-electron chi connectivity index (χ0n) is 13.3. The number of sulfone groups is 1. The van der Waals surface area contributed by atoms with Crippen LogP contribution in [0.5, 0.6) is 0 Å². The Kier molecular flexibility index (Phi) is 5.52. The highest BCUT2D eigenvalue weighted by Gasteiger charge is 2.19. The maximum atomic E-state index is 12.3. The minimum absolute atomic E-state index is 0.0232. The minimum atomic E-state index is -3.83. The quantitative estimate of drug-likeness (QED) is 0.793. The molecule has 0 saturated heterocycles. The van der Waals surface area contributed by atoms with E-state index in [1.165, 1.54) is 43.4 Å². The monoisotopic (exact) mass is 402 g/mol. The van der Waals surface area contributed by atoms with Crippen LogP contribution in [0, 0.1) is 0 Å². The maximum absolute atomic E-state index is 12.3. The third-order valence-corrected chi connectivity index (χ3v) is 6.28. The van der Waals surface area contributed by atoms with E-state index in [1.54, 1.807) is 0 Å². The van der Waals surface area contributed by atoms with Gasteiger partial charge in [-0.25, -0.2) is 21.6 Å². The van der Waals surface area contributed by atoms with E-state index in [1.807, 2.05) is 0 Å². The molecule has 0 aliphatic carbocycles. The average molecular weight is 403 g/mol. The fourth-order valence-corrected chi connectivity index (χ4v) is 3.88. The van der Waals surface area contributed by atoms with E-state index in [0.717, 1.165) is 12.3 Å². The van der Waals surface area contributed by atoms with Crippen molar-refractivity contribution in [2.75, 3.05) is 18.6 Å². The number of benzene rings is 2. The van der Waals surface area contributed by atoms with Gasteiger partial charge in [-0.2, -0.15) is 0 Å².